The largest absolute Gasteiger partial charge is 0.507 e. The number of ether oxygens (including phenoxy) is 1. The molecule has 1 aliphatic rings. The van der Waals surface area contributed by atoms with Crippen molar-refractivity contribution in [1.29, 1.82) is 0 Å². The number of hydrogen-bond acceptors (Lipinski definition) is 6. The smallest absolute Gasteiger partial charge is 0.228 e. The van der Waals surface area contributed by atoms with Crippen LogP contribution in [-0.4, -0.2) is 36.2 Å². The molecule has 170 valence electrons. The van der Waals surface area contributed by atoms with Crippen molar-refractivity contribution >= 4 is 23.5 Å². The highest BCUT2D eigenvalue weighted by Gasteiger charge is 2.25. The lowest BCUT2D eigenvalue weighted by Crippen LogP contribution is -2.24. The summed E-state index contributed by atoms with van der Waals surface area (Å²) in [4.78, 5) is 4.70. The van der Waals surface area contributed by atoms with Gasteiger partial charge in [-0.3, -0.25) is 0 Å². The fourth-order valence-electron chi connectivity index (χ4n) is 3.78. The Bertz CT molecular complexity index is 896. The maximum absolute atomic E-state index is 13.0. The first-order valence-electron chi connectivity index (χ1n) is 10.2. The molecule has 1 fully saturated rings. The molecule has 1 aromatic rings. The number of aromatic hydroxyl groups is 1. The van der Waals surface area contributed by atoms with E-state index >= 15 is 0 Å². The minimum Gasteiger partial charge on any atom is -0.507 e. The molecule has 2 atom stereocenters. The Kier molecular flexibility index (Phi) is 9.37. The second-order valence-electron chi connectivity index (χ2n) is 7.63. The molecule has 31 heavy (non-hydrogen) atoms. The summed E-state index contributed by atoms with van der Waals surface area (Å²) in [6.45, 7) is 4.64. The molecule has 1 aromatic carbocycles. The zero-order chi connectivity index (χ0) is 23.0. The van der Waals surface area contributed by atoms with E-state index in [1.807, 2.05) is 19.1 Å². The summed E-state index contributed by atoms with van der Waals surface area (Å²) in [5.41, 5.74) is 3.08. The van der Waals surface area contributed by atoms with E-state index in [-0.39, 0.29) is 28.9 Å². The van der Waals surface area contributed by atoms with E-state index in [9.17, 15) is 9.50 Å². The summed E-state index contributed by atoms with van der Waals surface area (Å²) >= 11 is 6.38. The predicted molar refractivity (Wildman–Crippen MR) is 121 cm³/mol. The fourth-order valence-corrected chi connectivity index (χ4v) is 4.05. The summed E-state index contributed by atoms with van der Waals surface area (Å²) < 4.78 is 18.1. The van der Waals surface area contributed by atoms with Crippen LogP contribution in [-0.2, 0) is 11.3 Å². The quantitative estimate of drug-likeness (QED) is 0.221. The normalized spacial score (nSPS) is 21.4. The van der Waals surface area contributed by atoms with Gasteiger partial charge in [-0.1, -0.05) is 52.6 Å². The van der Waals surface area contributed by atoms with Gasteiger partial charge in [-0.15, -0.1) is 0 Å². The van der Waals surface area contributed by atoms with E-state index in [0.29, 0.717) is 22.6 Å². The summed E-state index contributed by atoms with van der Waals surface area (Å²) in [6, 6.07) is 0. The predicted octanol–water partition coefficient (Wildman–Crippen LogP) is 5.95. The van der Waals surface area contributed by atoms with Gasteiger partial charge in [-0.05, 0) is 51.0 Å². The van der Waals surface area contributed by atoms with Gasteiger partial charge in [0.1, 0.15) is 18.6 Å². The van der Waals surface area contributed by atoms with Gasteiger partial charge in [-0.2, -0.15) is 0 Å². The van der Waals surface area contributed by atoms with Crippen LogP contribution in [0.15, 0.2) is 34.1 Å². The first-order valence-corrected chi connectivity index (χ1v) is 10.6. The fraction of sp³-hybridized carbons (Fsp3) is 0.478. The summed E-state index contributed by atoms with van der Waals surface area (Å²) in [5, 5.41) is 27.3. The lowest BCUT2D eigenvalue weighted by atomic mass is 9.78. The molecule has 1 aliphatic carbocycles. The standard InChI is InChI=1S/C23H30ClFN2O4/c1-14(8-10-17-6-5-7-20(27-29)15(17)2)9-11-18-22(28)19(12-26-30-4)16(3)21(24)23(18)31-13-25/h8-10,12,15,17,28-29H,5-7,11,13H2,1-4H3/b10-8+,14-9+,26-12+,27-20+/t15-,17?/m1/s1. The zero-order valence-electron chi connectivity index (χ0n) is 18.4. The van der Waals surface area contributed by atoms with Crippen LogP contribution < -0.4 is 4.74 Å². The van der Waals surface area contributed by atoms with Crippen molar-refractivity contribution in [3.63, 3.8) is 0 Å². The van der Waals surface area contributed by atoms with Crippen LogP contribution >= 0.6 is 11.6 Å². The number of oxime groups is 2. The van der Waals surface area contributed by atoms with E-state index in [4.69, 9.17) is 26.4 Å². The van der Waals surface area contributed by atoms with Gasteiger partial charge < -0.3 is 19.9 Å². The number of halogens is 2. The van der Waals surface area contributed by atoms with Crippen LogP contribution in [0.3, 0.4) is 0 Å². The van der Waals surface area contributed by atoms with Gasteiger partial charge in [-0.25, -0.2) is 4.39 Å². The number of phenols is 1. The minimum atomic E-state index is -1.06. The maximum Gasteiger partial charge on any atom is 0.228 e. The van der Waals surface area contributed by atoms with Crippen LogP contribution in [0.4, 0.5) is 4.39 Å². The second kappa shape index (κ2) is 11.7. The third-order valence-electron chi connectivity index (χ3n) is 5.73. The Morgan fingerprint density at radius 2 is 2.13 bits per heavy atom. The lowest BCUT2D eigenvalue weighted by molar-refractivity contribution is 0.189. The third-order valence-corrected chi connectivity index (χ3v) is 6.19. The Morgan fingerprint density at radius 1 is 1.39 bits per heavy atom. The SMILES string of the molecule is CO/N=C/c1c(C)c(Cl)c(OCF)c(C/C=C(C)/C=C/C2CCC/C(=N\O)[C@@H]2C)c1O. The molecule has 0 aromatic heterocycles. The highest BCUT2D eigenvalue weighted by molar-refractivity contribution is 6.33. The first-order chi connectivity index (χ1) is 14.8. The van der Waals surface area contributed by atoms with Crippen molar-refractivity contribution in [1.82, 2.24) is 0 Å². The van der Waals surface area contributed by atoms with Gasteiger partial charge >= 0.3 is 0 Å². The average molecular weight is 453 g/mol. The van der Waals surface area contributed by atoms with Crippen LogP contribution in [0.25, 0.3) is 0 Å². The van der Waals surface area contributed by atoms with Crippen molar-refractivity contribution in [2.24, 2.45) is 22.1 Å². The van der Waals surface area contributed by atoms with Crippen molar-refractivity contribution < 1.29 is 24.3 Å². The molecule has 8 heteroatoms. The number of allylic oxidation sites excluding steroid dienone is 4. The van der Waals surface area contributed by atoms with Crippen molar-refractivity contribution in [3.05, 3.63) is 45.5 Å². The number of phenolic OH excluding ortho intramolecular Hbond substituents is 1. The Balaban J connectivity index is 2.30. The maximum atomic E-state index is 13.0. The van der Waals surface area contributed by atoms with E-state index < -0.39 is 6.86 Å². The van der Waals surface area contributed by atoms with Crippen LogP contribution in [0.2, 0.25) is 5.02 Å². The molecule has 0 spiro atoms. The molecule has 1 saturated carbocycles. The molecular weight excluding hydrogens is 423 g/mol. The number of nitrogens with zero attached hydrogens (tertiary/aromatic N) is 2. The van der Waals surface area contributed by atoms with Gasteiger partial charge in [0, 0.05) is 17.0 Å². The number of benzene rings is 1. The van der Waals surface area contributed by atoms with E-state index in [2.05, 4.69) is 23.3 Å². The third kappa shape index (κ3) is 6.00. The van der Waals surface area contributed by atoms with Crippen LogP contribution in [0.5, 0.6) is 11.5 Å². The Morgan fingerprint density at radius 3 is 2.77 bits per heavy atom. The number of rotatable bonds is 8. The molecule has 1 unspecified atom stereocenters. The van der Waals surface area contributed by atoms with Crippen molar-refractivity contribution in [2.45, 2.75) is 46.5 Å². The van der Waals surface area contributed by atoms with E-state index in [1.165, 1.54) is 13.3 Å². The van der Waals surface area contributed by atoms with E-state index in [0.717, 1.165) is 30.5 Å². The second-order valence-corrected chi connectivity index (χ2v) is 8.00. The number of hydrogen-bond donors (Lipinski definition) is 2. The van der Waals surface area contributed by atoms with Crippen LogP contribution in [0.1, 0.15) is 49.8 Å². The van der Waals surface area contributed by atoms with Crippen molar-refractivity contribution in [3.8, 4) is 11.5 Å². The van der Waals surface area contributed by atoms with Gasteiger partial charge in [0.05, 0.1) is 16.9 Å². The molecule has 2 rings (SSSR count). The molecule has 2 N–H and O–H groups in total. The first kappa shape index (κ1) is 24.7. The van der Waals surface area contributed by atoms with E-state index in [1.54, 1.807) is 6.92 Å². The molecule has 6 nitrogen and oxygen atoms in total. The Labute approximate surface area is 187 Å². The summed E-state index contributed by atoms with van der Waals surface area (Å²) in [6.07, 6.45) is 10.6. The highest BCUT2D eigenvalue weighted by atomic mass is 35.5. The molecule has 0 aliphatic heterocycles. The summed E-state index contributed by atoms with van der Waals surface area (Å²) in [7, 11) is 1.40. The van der Waals surface area contributed by atoms with Crippen molar-refractivity contribution in [2.75, 3.05) is 14.0 Å². The molecule has 0 saturated heterocycles. The molecule has 0 heterocycles. The zero-order valence-corrected chi connectivity index (χ0v) is 19.1. The minimum absolute atomic E-state index is 0.0797. The molecule has 0 bridgehead atoms. The molecular formula is C23H30ClFN2O4. The monoisotopic (exact) mass is 452 g/mol. The average Bonchev–Trinajstić information content (AvgIpc) is 2.76. The van der Waals surface area contributed by atoms with Gasteiger partial charge in [0.25, 0.3) is 0 Å². The molecule has 0 amide bonds. The van der Waals surface area contributed by atoms with Gasteiger partial charge in [0.15, 0.2) is 0 Å². The van der Waals surface area contributed by atoms with Crippen LogP contribution in [0, 0.1) is 18.8 Å². The highest BCUT2D eigenvalue weighted by Crippen LogP contribution is 2.41. The lowest BCUT2D eigenvalue weighted by Gasteiger charge is -2.27. The molecule has 0 radical (unpaired) electrons. The topological polar surface area (TPSA) is 83.6 Å². The van der Waals surface area contributed by atoms with Gasteiger partial charge in [0.2, 0.25) is 6.86 Å². The summed E-state index contributed by atoms with van der Waals surface area (Å²) in [5.74, 6) is 0.526. The Hall–Kier alpha value is -2.54. The number of alkyl halides is 1.